The number of nitro groups is 1. The molecule has 6 nitrogen and oxygen atoms in total. The van der Waals surface area contributed by atoms with Gasteiger partial charge in [0, 0.05) is 12.3 Å². The molecule has 1 N–H and O–H groups in total. The molecule has 1 aromatic rings. The van der Waals surface area contributed by atoms with Crippen molar-refractivity contribution in [3.8, 4) is 5.75 Å². The van der Waals surface area contributed by atoms with Crippen LogP contribution in [0.4, 0.5) is 5.69 Å². The van der Waals surface area contributed by atoms with Gasteiger partial charge in [-0.3, -0.25) is 10.1 Å². The first kappa shape index (κ1) is 10.5. The fourth-order valence-electron chi connectivity index (χ4n) is 0.888. The summed E-state index contributed by atoms with van der Waals surface area (Å²) in [5.41, 5.74) is -0.453. The quantitative estimate of drug-likeness (QED) is 0.581. The number of nitro benzene ring substituents is 1. The first-order chi connectivity index (χ1) is 6.30. The minimum absolute atomic E-state index is 0.274. The third kappa shape index (κ3) is 2.19. The Morgan fingerprint density at radius 3 is 2.36 bits per heavy atom. The fourth-order valence-corrected chi connectivity index (χ4v) is 1.56. The van der Waals surface area contributed by atoms with Crippen molar-refractivity contribution in [1.82, 2.24) is 0 Å². The highest BCUT2D eigenvalue weighted by Gasteiger charge is 2.15. The van der Waals surface area contributed by atoms with E-state index in [1.54, 1.807) is 0 Å². The highest BCUT2D eigenvalue weighted by atomic mass is 32.2. The summed E-state index contributed by atoms with van der Waals surface area (Å²) in [6, 6.07) is 2.74. The van der Waals surface area contributed by atoms with Crippen LogP contribution in [0, 0.1) is 10.1 Å². The monoisotopic (exact) mass is 217 g/mol. The summed E-state index contributed by atoms with van der Waals surface area (Å²) < 4.78 is 22.1. The smallest absolute Gasteiger partial charge is 0.274 e. The van der Waals surface area contributed by atoms with Crippen LogP contribution in [0.2, 0.25) is 0 Å². The zero-order valence-electron chi connectivity index (χ0n) is 7.17. The molecule has 0 aromatic heterocycles. The Morgan fingerprint density at radius 2 is 1.93 bits per heavy atom. The molecule has 1 aromatic carbocycles. The molecule has 14 heavy (non-hydrogen) atoms. The molecule has 76 valence electrons. The number of aromatic hydroxyl groups is 1. The molecule has 0 aliphatic carbocycles. The van der Waals surface area contributed by atoms with Gasteiger partial charge in [-0.1, -0.05) is 0 Å². The highest BCUT2D eigenvalue weighted by Crippen LogP contribution is 2.24. The van der Waals surface area contributed by atoms with Gasteiger partial charge in [-0.15, -0.1) is 0 Å². The lowest BCUT2D eigenvalue weighted by molar-refractivity contribution is -0.385. The molecule has 0 aliphatic heterocycles. The molecule has 0 radical (unpaired) electrons. The Hall–Kier alpha value is -1.63. The molecule has 0 saturated heterocycles. The van der Waals surface area contributed by atoms with Gasteiger partial charge < -0.3 is 5.11 Å². The van der Waals surface area contributed by atoms with Crippen LogP contribution in [0.1, 0.15) is 0 Å². The van der Waals surface area contributed by atoms with Crippen LogP contribution in [0.15, 0.2) is 23.1 Å². The lowest BCUT2D eigenvalue weighted by Gasteiger charge is -1.99. The van der Waals surface area contributed by atoms with Crippen LogP contribution >= 0.6 is 0 Å². The molecule has 0 fully saturated rings. The summed E-state index contributed by atoms with van der Waals surface area (Å²) in [5, 5.41) is 19.4. The van der Waals surface area contributed by atoms with Crippen molar-refractivity contribution < 1.29 is 18.4 Å². The summed E-state index contributed by atoms with van der Waals surface area (Å²) in [6.45, 7) is 0. The second kappa shape index (κ2) is 3.26. The van der Waals surface area contributed by atoms with Gasteiger partial charge in [-0.05, 0) is 6.07 Å². The van der Waals surface area contributed by atoms with Gasteiger partial charge in [-0.25, -0.2) is 8.42 Å². The highest BCUT2D eigenvalue weighted by molar-refractivity contribution is 7.90. The van der Waals surface area contributed by atoms with Gasteiger partial charge in [-0.2, -0.15) is 0 Å². The van der Waals surface area contributed by atoms with Crippen LogP contribution in [-0.2, 0) is 9.84 Å². The predicted octanol–water partition coefficient (Wildman–Crippen LogP) is 0.704. The maximum Gasteiger partial charge on any atom is 0.274 e. The molecular weight excluding hydrogens is 210 g/mol. The number of benzene rings is 1. The Kier molecular flexibility index (Phi) is 2.43. The number of phenolic OH excluding ortho intramolecular Hbond substituents is 1. The predicted molar refractivity (Wildman–Crippen MR) is 47.9 cm³/mol. The zero-order chi connectivity index (χ0) is 10.9. The Bertz CT molecular complexity index is 479. The number of hydrogen-bond donors (Lipinski definition) is 1. The summed E-state index contributed by atoms with van der Waals surface area (Å²) in [7, 11) is -3.55. The zero-order valence-corrected chi connectivity index (χ0v) is 7.98. The molecule has 0 amide bonds. The molecular formula is C7H7NO5S. The summed E-state index contributed by atoms with van der Waals surface area (Å²) in [6.07, 6.45) is 0.908. The second-order valence-electron chi connectivity index (χ2n) is 2.71. The van der Waals surface area contributed by atoms with Crippen LogP contribution in [0.25, 0.3) is 0 Å². The summed E-state index contributed by atoms with van der Waals surface area (Å²) >= 11 is 0. The number of phenols is 1. The topological polar surface area (TPSA) is 97.5 Å². The fraction of sp³-hybridized carbons (Fsp3) is 0.143. The van der Waals surface area contributed by atoms with Crippen LogP contribution in [-0.4, -0.2) is 24.7 Å². The number of hydrogen-bond acceptors (Lipinski definition) is 5. The molecule has 1 rings (SSSR count). The molecule has 0 heterocycles. The summed E-state index contributed by atoms with van der Waals surface area (Å²) in [4.78, 5) is 9.29. The summed E-state index contributed by atoms with van der Waals surface area (Å²) in [5.74, 6) is -0.445. The normalized spacial score (nSPS) is 11.2. The van der Waals surface area contributed by atoms with E-state index in [1.165, 1.54) is 0 Å². The Balaban J connectivity index is 3.43. The van der Waals surface area contributed by atoms with E-state index in [2.05, 4.69) is 0 Å². The van der Waals surface area contributed by atoms with Gasteiger partial charge in [0.25, 0.3) is 5.69 Å². The molecule has 7 heteroatoms. The molecule has 0 aliphatic rings. The van der Waals surface area contributed by atoms with Crippen molar-refractivity contribution in [2.45, 2.75) is 4.90 Å². The number of nitrogens with zero attached hydrogens (tertiary/aromatic N) is 1. The van der Waals surface area contributed by atoms with Gasteiger partial charge in [0.1, 0.15) is 5.75 Å². The SMILES string of the molecule is CS(=O)(=O)c1cc(O)cc([N+](=O)[O-])c1. The lowest BCUT2D eigenvalue weighted by Crippen LogP contribution is -1.98. The maximum absolute atomic E-state index is 11.0. The maximum atomic E-state index is 11.0. The third-order valence-electron chi connectivity index (χ3n) is 1.52. The van der Waals surface area contributed by atoms with Crippen molar-refractivity contribution in [1.29, 1.82) is 0 Å². The molecule has 0 saturated carbocycles. The molecule has 0 unspecified atom stereocenters. The van der Waals surface area contributed by atoms with Crippen molar-refractivity contribution in [2.75, 3.05) is 6.26 Å². The minimum Gasteiger partial charge on any atom is -0.508 e. The molecule has 0 spiro atoms. The van der Waals surface area contributed by atoms with Crippen molar-refractivity contribution in [3.05, 3.63) is 28.3 Å². The average Bonchev–Trinajstić information content (AvgIpc) is 2.01. The van der Waals surface area contributed by atoms with Crippen molar-refractivity contribution >= 4 is 15.5 Å². The van der Waals surface area contributed by atoms with Crippen LogP contribution in [0.5, 0.6) is 5.75 Å². The van der Waals surface area contributed by atoms with E-state index in [4.69, 9.17) is 5.11 Å². The lowest BCUT2D eigenvalue weighted by atomic mass is 10.3. The Morgan fingerprint density at radius 1 is 1.36 bits per heavy atom. The first-order valence-electron chi connectivity index (χ1n) is 3.49. The van der Waals surface area contributed by atoms with E-state index in [0.29, 0.717) is 0 Å². The van der Waals surface area contributed by atoms with E-state index < -0.39 is 26.2 Å². The van der Waals surface area contributed by atoms with Crippen LogP contribution < -0.4 is 0 Å². The molecule has 0 bridgehead atoms. The minimum atomic E-state index is -3.55. The number of non-ortho nitro benzene ring substituents is 1. The Labute approximate surface area is 79.9 Å². The number of sulfone groups is 1. The van der Waals surface area contributed by atoms with Gasteiger partial charge in [0.2, 0.25) is 0 Å². The first-order valence-corrected chi connectivity index (χ1v) is 5.38. The van der Waals surface area contributed by atoms with Crippen molar-refractivity contribution in [3.63, 3.8) is 0 Å². The standard InChI is InChI=1S/C7H7NO5S/c1-14(12,13)7-3-5(8(10)11)2-6(9)4-7/h2-4,9H,1H3. The van der Waals surface area contributed by atoms with E-state index in [-0.39, 0.29) is 4.90 Å². The molecule has 0 atom stereocenters. The average molecular weight is 217 g/mol. The largest absolute Gasteiger partial charge is 0.508 e. The van der Waals surface area contributed by atoms with E-state index in [0.717, 1.165) is 24.5 Å². The van der Waals surface area contributed by atoms with Gasteiger partial charge in [0.15, 0.2) is 9.84 Å². The van der Waals surface area contributed by atoms with Crippen LogP contribution in [0.3, 0.4) is 0 Å². The van der Waals surface area contributed by atoms with Gasteiger partial charge >= 0.3 is 0 Å². The second-order valence-corrected chi connectivity index (χ2v) is 4.73. The number of rotatable bonds is 2. The van der Waals surface area contributed by atoms with E-state index >= 15 is 0 Å². The van der Waals surface area contributed by atoms with Gasteiger partial charge in [0.05, 0.1) is 15.9 Å². The van der Waals surface area contributed by atoms with E-state index in [1.807, 2.05) is 0 Å². The third-order valence-corrected chi connectivity index (χ3v) is 2.61. The van der Waals surface area contributed by atoms with Crippen molar-refractivity contribution in [2.24, 2.45) is 0 Å². The van der Waals surface area contributed by atoms with E-state index in [9.17, 15) is 18.5 Å².